The highest BCUT2D eigenvalue weighted by Gasteiger charge is 1.99. The summed E-state index contributed by atoms with van der Waals surface area (Å²) >= 11 is 0. The lowest BCUT2D eigenvalue weighted by Crippen LogP contribution is -1.85. The van der Waals surface area contributed by atoms with Gasteiger partial charge in [-0.2, -0.15) is 4.39 Å². The average Bonchev–Trinajstić information content (AvgIpc) is 1.65. The monoisotopic (exact) mass is 126 g/mol. The van der Waals surface area contributed by atoms with Crippen LogP contribution in [0, 0.1) is 0 Å². The molecule has 0 N–H and O–H groups in total. The van der Waals surface area contributed by atoms with Gasteiger partial charge >= 0.3 is 0 Å². The Morgan fingerprint density at radius 2 is 2.12 bits per heavy atom. The fourth-order valence-corrected chi connectivity index (χ4v) is 0.167. The van der Waals surface area contributed by atoms with Crippen LogP contribution < -0.4 is 0 Å². The highest BCUT2D eigenvalue weighted by molar-refractivity contribution is 4.83. The SMILES string of the molecule is CO/C(F)=C\C(F)F. The molecule has 0 saturated heterocycles. The Morgan fingerprint density at radius 1 is 1.62 bits per heavy atom. The second kappa shape index (κ2) is 3.35. The number of rotatable bonds is 2. The lowest BCUT2D eigenvalue weighted by Gasteiger charge is -1.90. The maximum atomic E-state index is 11.5. The quantitative estimate of drug-likeness (QED) is 0.512. The van der Waals surface area contributed by atoms with Crippen LogP contribution in [0.25, 0.3) is 0 Å². The van der Waals surface area contributed by atoms with Crippen LogP contribution in [0.4, 0.5) is 13.2 Å². The minimum absolute atomic E-state index is 0.0833. The molecule has 0 aliphatic rings. The molecular formula is C4H5F3O. The summed E-state index contributed by atoms with van der Waals surface area (Å²) in [5.41, 5.74) is 0. The zero-order chi connectivity index (χ0) is 6.57. The lowest BCUT2D eigenvalue weighted by atomic mass is 10.6. The molecule has 0 atom stereocenters. The van der Waals surface area contributed by atoms with Crippen molar-refractivity contribution in [1.29, 1.82) is 0 Å². The van der Waals surface area contributed by atoms with Crippen molar-refractivity contribution in [2.24, 2.45) is 0 Å². The van der Waals surface area contributed by atoms with Crippen molar-refractivity contribution in [1.82, 2.24) is 0 Å². The molecule has 48 valence electrons. The van der Waals surface area contributed by atoms with Gasteiger partial charge in [0.25, 0.3) is 12.4 Å². The first kappa shape index (κ1) is 7.33. The number of alkyl halides is 2. The Kier molecular flexibility index (Phi) is 3.07. The third-order valence-electron chi connectivity index (χ3n) is 0.452. The Labute approximate surface area is 44.8 Å². The smallest absolute Gasteiger partial charge is 0.274 e. The average molecular weight is 126 g/mol. The van der Waals surface area contributed by atoms with Crippen molar-refractivity contribution in [2.75, 3.05) is 7.11 Å². The standard InChI is InChI=1S/C4H5F3O/c1-8-4(7)2-3(5)6/h2-3H,1H3/b4-2-. The molecule has 0 aromatic carbocycles. The van der Waals surface area contributed by atoms with Gasteiger partial charge < -0.3 is 4.74 Å². The van der Waals surface area contributed by atoms with E-state index in [4.69, 9.17) is 0 Å². The number of allylic oxidation sites excluding steroid dienone is 1. The van der Waals surface area contributed by atoms with Crippen LogP contribution in [-0.4, -0.2) is 13.5 Å². The maximum Gasteiger partial charge on any atom is 0.274 e. The molecular weight excluding hydrogens is 121 g/mol. The molecule has 0 aliphatic carbocycles. The van der Waals surface area contributed by atoms with Crippen LogP contribution in [-0.2, 0) is 4.74 Å². The van der Waals surface area contributed by atoms with Crippen LogP contribution in [0.1, 0.15) is 0 Å². The summed E-state index contributed by atoms with van der Waals surface area (Å²) in [6, 6.07) is -1.25. The van der Waals surface area contributed by atoms with E-state index in [-0.39, 0.29) is 6.08 Å². The van der Waals surface area contributed by atoms with Crippen LogP contribution >= 0.6 is 0 Å². The zero-order valence-corrected chi connectivity index (χ0v) is 4.20. The van der Waals surface area contributed by atoms with Gasteiger partial charge in [0.15, 0.2) is 0 Å². The largest absolute Gasteiger partial charge is 0.474 e. The molecule has 0 aromatic heterocycles. The molecule has 0 heterocycles. The van der Waals surface area contributed by atoms with Gasteiger partial charge in [0.2, 0.25) is 0 Å². The Hall–Kier alpha value is -0.670. The molecule has 0 unspecified atom stereocenters. The predicted octanol–water partition coefficient (Wildman–Crippen LogP) is 1.71. The number of ether oxygens (including phenoxy) is 1. The Bertz CT molecular complexity index is 89.3. The van der Waals surface area contributed by atoms with Gasteiger partial charge in [-0.15, -0.1) is 0 Å². The van der Waals surface area contributed by atoms with E-state index in [1.165, 1.54) is 0 Å². The van der Waals surface area contributed by atoms with Gasteiger partial charge in [-0.3, -0.25) is 0 Å². The van der Waals surface area contributed by atoms with Crippen molar-refractivity contribution < 1.29 is 17.9 Å². The minimum Gasteiger partial charge on any atom is -0.474 e. The molecule has 4 heteroatoms. The molecule has 0 aliphatic heterocycles. The third kappa shape index (κ3) is 3.52. The van der Waals surface area contributed by atoms with Gasteiger partial charge in [-0.05, 0) is 0 Å². The molecule has 0 saturated carbocycles. The highest BCUT2D eigenvalue weighted by Crippen LogP contribution is 2.02. The van der Waals surface area contributed by atoms with Gasteiger partial charge in [0.05, 0.1) is 13.2 Å². The maximum absolute atomic E-state index is 11.5. The molecule has 8 heavy (non-hydrogen) atoms. The summed E-state index contributed by atoms with van der Waals surface area (Å²) in [6.45, 7) is 0. The van der Waals surface area contributed by atoms with E-state index < -0.39 is 12.4 Å². The Balaban J connectivity index is 3.56. The third-order valence-corrected chi connectivity index (χ3v) is 0.452. The van der Waals surface area contributed by atoms with Gasteiger partial charge in [-0.25, -0.2) is 8.78 Å². The van der Waals surface area contributed by atoms with E-state index in [1.54, 1.807) is 0 Å². The van der Waals surface area contributed by atoms with Crippen LogP contribution in [0.3, 0.4) is 0 Å². The summed E-state index contributed by atoms with van der Waals surface area (Å²) in [7, 11) is 0.980. The number of methoxy groups -OCH3 is 1. The highest BCUT2D eigenvalue weighted by atomic mass is 19.3. The van der Waals surface area contributed by atoms with Gasteiger partial charge in [0, 0.05) is 0 Å². The first-order chi connectivity index (χ1) is 3.66. The molecule has 0 amide bonds. The normalized spacial score (nSPS) is 12.4. The van der Waals surface area contributed by atoms with Gasteiger partial charge in [-0.1, -0.05) is 0 Å². The van der Waals surface area contributed by atoms with E-state index in [9.17, 15) is 13.2 Å². The van der Waals surface area contributed by atoms with Crippen LogP contribution in [0.15, 0.2) is 12.1 Å². The summed E-state index contributed by atoms with van der Waals surface area (Å²) in [5.74, 6) is 0. The lowest BCUT2D eigenvalue weighted by molar-refractivity contribution is 0.163. The van der Waals surface area contributed by atoms with E-state index in [0.717, 1.165) is 7.11 Å². The molecule has 0 fully saturated rings. The summed E-state index contributed by atoms with van der Waals surface area (Å²) in [6.07, 6.45) is -2.70. The molecule has 0 spiro atoms. The van der Waals surface area contributed by atoms with Crippen molar-refractivity contribution in [3.8, 4) is 0 Å². The predicted molar refractivity (Wildman–Crippen MR) is 22.2 cm³/mol. The van der Waals surface area contributed by atoms with Crippen molar-refractivity contribution in [3.63, 3.8) is 0 Å². The van der Waals surface area contributed by atoms with E-state index in [0.29, 0.717) is 0 Å². The fraction of sp³-hybridized carbons (Fsp3) is 0.500. The van der Waals surface area contributed by atoms with Crippen molar-refractivity contribution in [2.45, 2.75) is 6.43 Å². The van der Waals surface area contributed by atoms with Crippen LogP contribution in [0.5, 0.6) is 0 Å². The summed E-state index contributed by atoms with van der Waals surface area (Å²) in [5, 5.41) is 0. The Morgan fingerprint density at radius 3 is 2.25 bits per heavy atom. The van der Waals surface area contributed by atoms with Gasteiger partial charge in [0.1, 0.15) is 0 Å². The van der Waals surface area contributed by atoms with Crippen LogP contribution in [0.2, 0.25) is 0 Å². The second-order valence-electron chi connectivity index (χ2n) is 1.01. The first-order valence-corrected chi connectivity index (χ1v) is 1.86. The van der Waals surface area contributed by atoms with E-state index in [1.807, 2.05) is 0 Å². The topological polar surface area (TPSA) is 9.23 Å². The zero-order valence-electron chi connectivity index (χ0n) is 4.20. The van der Waals surface area contributed by atoms with E-state index >= 15 is 0 Å². The number of hydrogen-bond donors (Lipinski definition) is 0. The molecule has 0 rings (SSSR count). The molecule has 0 aromatic rings. The van der Waals surface area contributed by atoms with Crippen molar-refractivity contribution >= 4 is 0 Å². The first-order valence-electron chi connectivity index (χ1n) is 1.86. The number of hydrogen-bond acceptors (Lipinski definition) is 1. The second-order valence-corrected chi connectivity index (χ2v) is 1.01. The minimum atomic E-state index is -2.78. The molecule has 0 radical (unpaired) electrons. The fourth-order valence-electron chi connectivity index (χ4n) is 0.167. The van der Waals surface area contributed by atoms with Crippen molar-refractivity contribution in [3.05, 3.63) is 12.1 Å². The summed E-state index contributed by atoms with van der Waals surface area (Å²) < 4.78 is 37.5. The molecule has 1 nitrogen and oxygen atoms in total. The number of halogens is 3. The van der Waals surface area contributed by atoms with E-state index in [2.05, 4.69) is 4.74 Å². The summed E-state index contributed by atoms with van der Waals surface area (Å²) in [4.78, 5) is 0. The molecule has 0 bridgehead atoms.